The lowest BCUT2D eigenvalue weighted by atomic mass is 9.84. The monoisotopic (exact) mass is 368 g/mol. The number of anilines is 2. The number of nitrogens with two attached hydrogens (primary N) is 1. The summed E-state index contributed by atoms with van der Waals surface area (Å²) in [7, 11) is 0. The van der Waals surface area contributed by atoms with Crippen molar-refractivity contribution in [3.63, 3.8) is 0 Å². The maximum Gasteiger partial charge on any atom is 0.249 e. The molecule has 1 aromatic carbocycles. The highest BCUT2D eigenvalue weighted by molar-refractivity contribution is 5.95. The van der Waals surface area contributed by atoms with E-state index in [1.807, 2.05) is 0 Å². The third kappa shape index (κ3) is 3.44. The molecule has 2 fully saturated rings. The minimum Gasteiger partial charge on any atom is -0.327 e. The fourth-order valence-electron chi connectivity index (χ4n) is 4.37. The van der Waals surface area contributed by atoms with Crippen LogP contribution in [0.4, 0.5) is 11.4 Å². The van der Waals surface area contributed by atoms with E-state index in [1.165, 1.54) is 17.3 Å². The number of rotatable bonds is 5. The summed E-state index contributed by atoms with van der Waals surface area (Å²) in [6.45, 7) is 1.75. The third-order valence-corrected chi connectivity index (χ3v) is 5.92. The Morgan fingerprint density at radius 1 is 1.15 bits per heavy atom. The van der Waals surface area contributed by atoms with E-state index in [0.717, 1.165) is 19.3 Å². The van der Waals surface area contributed by atoms with Gasteiger partial charge in [-0.2, -0.15) is 5.10 Å². The fourth-order valence-corrected chi connectivity index (χ4v) is 4.37. The van der Waals surface area contributed by atoms with Crippen LogP contribution >= 0.6 is 0 Å². The van der Waals surface area contributed by atoms with Crippen molar-refractivity contribution in [2.24, 2.45) is 23.5 Å². The zero-order valence-electron chi connectivity index (χ0n) is 15.2. The van der Waals surface area contributed by atoms with Crippen LogP contribution < -0.4 is 16.4 Å². The number of hydrogen-bond acceptors (Lipinski definition) is 5. The van der Waals surface area contributed by atoms with Crippen LogP contribution in [0.25, 0.3) is 0 Å². The third-order valence-electron chi connectivity index (χ3n) is 5.92. The molecule has 1 aromatic heterocycles. The molecule has 4 rings (SSSR count). The molecule has 4 N–H and O–H groups in total. The number of nitrogens with one attached hydrogen (secondary N) is 2. The standard InChI is InChI=1S/C19H24N6O2/c1-11(25-10-21-9-22-25)18(26)23-14-4-6-15(7-5-14)24-19(27)16-12-2-3-13(8-12)17(16)20/h4-7,9-13,16-17H,2-3,8,20H2,1H3,(H,23,26)(H,24,27). The largest absolute Gasteiger partial charge is 0.327 e. The summed E-state index contributed by atoms with van der Waals surface area (Å²) in [5.74, 6) is 0.639. The predicted molar refractivity (Wildman–Crippen MR) is 101 cm³/mol. The van der Waals surface area contributed by atoms with Gasteiger partial charge in [0.1, 0.15) is 18.7 Å². The molecule has 2 amide bonds. The summed E-state index contributed by atoms with van der Waals surface area (Å²) in [6.07, 6.45) is 6.23. The lowest BCUT2D eigenvalue weighted by molar-refractivity contribution is -0.122. The van der Waals surface area contributed by atoms with E-state index >= 15 is 0 Å². The number of fused-ring (bicyclic) bond motifs is 2. The molecular weight excluding hydrogens is 344 g/mol. The average Bonchev–Trinajstić information content (AvgIpc) is 3.40. The molecule has 8 heteroatoms. The maximum absolute atomic E-state index is 12.6. The Labute approximate surface area is 157 Å². The summed E-state index contributed by atoms with van der Waals surface area (Å²) in [4.78, 5) is 28.7. The van der Waals surface area contributed by atoms with Crippen molar-refractivity contribution >= 4 is 23.2 Å². The van der Waals surface area contributed by atoms with Crippen molar-refractivity contribution in [3.05, 3.63) is 36.9 Å². The minimum absolute atomic E-state index is 0.00582. The van der Waals surface area contributed by atoms with Crippen molar-refractivity contribution in [2.45, 2.75) is 38.3 Å². The summed E-state index contributed by atoms with van der Waals surface area (Å²) < 4.78 is 1.49. The summed E-state index contributed by atoms with van der Waals surface area (Å²) in [5, 5.41) is 9.78. The van der Waals surface area contributed by atoms with Crippen molar-refractivity contribution in [1.29, 1.82) is 0 Å². The van der Waals surface area contributed by atoms with Crippen molar-refractivity contribution in [3.8, 4) is 0 Å². The Hall–Kier alpha value is -2.74. The first-order valence-electron chi connectivity index (χ1n) is 9.34. The minimum atomic E-state index is -0.467. The lowest BCUT2D eigenvalue weighted by Crippen LogP contribution is -2.42. The van der Waals surface area contributed by atoms with Gasteiger partial charge in [-0.05, 0) is 62.3 Å². The molecule has 142 valence electrons. The summed E-state index contributed by atoms with van der Waals surface area (Å²) >= 11 is 0. The van der Waals surface area contributed by atoms with Crippen molar-refractivity contribution < 1.29 is 9.59 Å². The van der Waals surface area contributed by atoms with E-state index in [-0.39, 0.29) is 23.8 Å². The quantitative estimate of drug-likeness (QED) is 0.744. The van der Waals surface area contributed by atoms with E-state index in [9.17, 15) is 9.59 Å². The Balaban J connectivity index is 1.35. The number of aromatic nitrogens is 3. The average molecular weight is 368 g/mol. The molecule has 0 spiro atoms. The van der Waals surface area contributed by atoms with E-state index in [0.29, 0.717) is 23.2 Å². The highest BCUT2D eigenvalue weighted by Gasteiger charge is 2.49. The topological polar surface area (TPSA) is 115 Å². The van der Waals surface area contributed by atoms with Gasteiger partial charge in [-0.15, -0.1) is 0 Å². The van der Waals surface area contributed by atoms with Crippen LogP contribution in [-0.4, -0.2) is 32.6 Å². The summed E-state index contributed by atoms with van der Waals surface area (Å²) in [5.41, 5.74) is 7.61. The number of benzene rings is 1. The summed E-state index contributed by atoms with van der Waals surface area (Å²) in [6, 6.07) is 6.61. The molecule has 8 nitrogen and oxygen atoms in total. The van der Waals surface area contributed by atoms with Crippen LogP contribution in [-0.2, 0) is 9.59 Å². The van der Waals surface area contributed by atoms with Gasteiger partial charge in [-0.1, -0.05) is 0 Å². The number of carbonyl (C=O) groups excluding carboxylic acids is 2. The van der Waals surface area contributed by atoms with Gasteiger partial charge >= 0.3 is 0 Å². The van der Waals surface area contributed by atoms with Gasteiger partial charge in [0.25, 0.3) is 0 Å². The number of hydrogen-bond donors (Lipinski definition) is 3. The van der Waals surface area contributed by atoms with Crippen molar-refractivity contribution in [2.75, 3.05) is 10.6 Å². The van der Waals surface area contributed by atoms with Gasteiger partial charge in [-0.3, -0.25) is 9.59 Å². The molecule has 2 aliphatic carbocycles. The molecule has 2 bridgehead atoms. The van der Waals surface area contributed by atoms with Crippen LogP contribution in [0.1, 0.15) is 32.2 Å². The number of amides is 2. The van der Waals surface area contributed by atoms with Gasteiger partial charge in [0, 0.05) is 17.4 Å². The molecule has 0 saturated heterocycles. The second kappa shape index (κ2) is 7.11. The molecule has 27 heavy (non-hydrogen) atoms. The Morgan fingerprint density at radius 3 is 2.41 bits per heavy atom. The highest BCUT2D eigenvalue weighted by atomic mass is 16.2. The molecule has 5 unspecified atom stereocenters. The SMILES string of the molecule is CC(C(=O)Nc1ccc(NC(=O)C2C3CCC(C3)C2N)cc1)n1cncn1. The van der Waals surface area contributed by atoms with Crippen molar-refractivity contribution in [1.82, 2.24) is 14.8 Å². The Morgan fingerprint density at radius 2 is 1.81 bits per heavy atom. The first kappa shape index (κ1) is 17.7. The van der Waals surface area contributed by atoms with Gasteiger partial charge < -0.3 is 16.4 Å². The van der Waals surface area contributed by atoms with E-state index < -0.39 is 6.04 Å². The second-order valence-electron chi connectivity index (χ2n) is 7.54. The highest BCUT2D eigenvalue weighted by Crippen LogP contribution is 2.47. The molecule has 0 radical (unpaired) electrons. The second-order valence-corrected chi connectivity index (χ2v) is 7.54. The first-order chi connectivity index (χ1) is 13.0. The Bertz CT molecular complexity index is 817. The molecule has 2 saturated carbocycles. The van der Waals surface area contributed by atoms with E-state index in [2.05, 4.69) is 20.7 Å². The Kier molecular flexibility index (Phi) is 4.65. The van der Waals surface area contributed by atoms with Crippen LogP contribution in [0.15, 0.2) is 36.9 Å². The van der Waals surface area contributed by atoms with Crippen LogP contribution in [0, 0.1) is 17.8 Å². The van der Waals surface area contributed by atoms with Gasteiger partial charge in [0.2, 0.25) is 11.8 Å². The smallest absolute Gasteiger partial charge is 0.249 e. The van der Waals surface area contributed by atoms with E-state index in [1.54, 1.807) is 31.2 Å². The lowest BCUT2D eigenvalue weighted by Gasteiger charge is -2.27. The number of carbonyl (C=O) groups is 2. The fraction of sp³-hybridized carbons (Fsp3) is 0.474. The van der Waals surface area contributed by atoms with Crippen LogP contribution in [0.5, 0.6) is 0 Å². The molecular formula is C19H24N6O2. The molecule has 2 aromatic rings. The zero-order chi connectivity index (χ0) is 19.0. The van der Waals surface area contributed by atoms with Gasteiger partial charge in [0.05, 0.1) is 5.92 Å². The number of nitrogens with zero attached hydrogens (tertiary/aromatic N) is 3. The van der Waals surface area contributed by atoms with Gasteiger partial charge in [0.15, 0.2) is 0 Å². The molecule has 2 aliphatic rings. The van der Waals surface area contributed by atoms with Gasteiger partial charge in [-0.25, -0.2) is 9.67 Å². The molecule has 0 aliphatic heterocycles. The molecule has 1 heterocycles. The van der Waals surface area contributed by atoms with E-state index in [4.69, 9.17) is 5.73 Å². The van der Waals surface area contributed by atoms with Crippen LogP contribution in [0.3, 0.4) is 0 Å². The normalized spacial score (nSPS) is 27.3. The first-order valence-corrected chi connectivity index (χ1v) is 9.34. The predicted octanol–water partition coefficient (Wildman–Crippen LogP) is 1.79. The van der Waals surface area contributed by atoms with Crippen LogP contribution in [0.2, 0.25) is 0 Å². The maximum atomic E-state index is 12.6. The molecule has 5 atom stereocenters. The zero-order valence-corrected chi connectivity index (χ0v) is 15.2.